The average molecular weight is 334 g/mol. The quantitative estimate of drug-likeness (QED) is 0.769. The van der Waals surface area contributed by atoms with Gasteiger partial charge in [0, 0.05) is 43.3 Å². The molecule has 1 amide bonds. The molecular formula is C18H26N2O2S. The Morgan fingerprint density at radius 1 is 1.39 bits per heavy atom. The van der Waals surface area contributed by atoms with Gasteiger partial charge >= 0.3 is 0 Å². The van der Waals surface area contributed by atoms with E-state index in [1.807, 2.05) is 36.2 Å². The molecule has 0 N–H and O–H groups in total. The summed E-state index contributed by atoms with van der Waals surface area (Å²) in [5, 5.41) is 0. The third-order valence-electron chi connectivity index (χ3n) is 4.64. The van der Waals surface area contributed by atoms with Gasteiger partial charge in [-0.25, -0.2) is 0 Å². The lowest BCUT2D eigenvalue weighted by molar-refractivity contribution is -0.134. The summed E-state index contributed by atoms with van der Waals surface area (Å²) in [6, 6.07) is 6.37. The zero-order valence-electron chi connectivity index (χ0n) is 13.7. The second-order valence-electron chi connectivity index (χ2n) is 6.37. The molecule has 3 rings (SSSR count). The molecule has 2 aliphatic heterocycles. The van der Waals surface area contributed by atoms with Gasteiger partial charge in [0.15, 0.2) is 0 Å². The Labute approximate surface area is 143 Å². The van der Waals surface area contributed by atoms with Crippen molar-refractivity contribution in [1.29, 1.82) is 0 Å². The molecular weight excluding hydrogens is 308 g/mol. The van der Waals surface area contributed by atoms with Crippen molar-refractivity contribution >= 4 is 17.7 Å². The smallest absolute Gasteiger partial charge is 0.222 e. The first-order chi connectivity index (χ1) is 11.3. The maximum absolute atomic E-state index is 12.7. The first-order valence-corrected chi connectivity index (χ1v) is 9.87. The molecule has 126 valence electrons. The van der Waals surface area contributed by atoms with Crippen LogP contribution in [0.4, 0.5) is 0 Å². The number of carbonyl (C=O) groups is 1. The molecule has 5 heteroatoms. The van der Waals surface area contributed by atoms with Gasteiger partial charge in [-0.1, -0.05) is 6.07 Å². The Kier molecular flexibility index (Phi) is 6.34. The van der Waals surface area contributed by atoms with E-state index in [0.717, 1.165) is 56.7 Å². The lowest BCUT2D eigenvalue weighted by Gasteiger charge is -2.31. The van der Waals surface area contributed by atoms with Crippen molar-refractivity contribution in [2.45, 2.75) is 50.7 Å². The van der Waals surface area contributed by atoms with Gasteiger partial charge in [-0.2, -0.15) is 11.8 Å². The van der Waals surface area contributed by atoms with Crippen molar-refractivity contribution in [1.82, 2.24) is 9.88 Å². The topological polar surface area (TPSA) is 42.4 Å². The number of thioether (sulfide) groups is 1. The van der Waals surface area contributed by atoms with Gasteiger partial charge in [0.05, 0.1) is 6.10 Å². The minimum Gasteiger partial charge on any atom is -0.376 e. The van der Waals surface area contributed by atoms with Crippen LogP contribution in [0.1, 0.15) is 37.8 Å². The summed E-state index contributed by atoms with van der Waals surface area (Å²) in [5.74, 6) is 2.55. The summed E-state index contributed by atoms with van der Waals surface area (Å²) >= 11 is 1.96. The molecule has 0 aliphatic carbocycles. The van der Waals surface area contributed by atoms with Gasteiger partial charge in [0.1, 0.15) is 0 Å². The monoisotopic (exact) mass is 334 g/mol. The SMILES string of the molecule is O=C(CCCc1ccccn1)N(C[C@@H]1CCCO1)[C@H]1CCSC1. The Morgan fingerprint density at radius 2 is 2.35 bits per heavy atom. The number of pyridine rings is 1. The van der Waals surface area contributed by atoms with Crippen LogP contribution in [0, 0.1) is 0 Å². The van der Waals surface area contributed by atoms with E-state index < -0.39 is 0 Å². The summed E-state index contributed by atoms with van der Waals surface area (Å²) in [7, 11) is 0. The molecule has 0 bridgehead atoms. The van der Waals surface area contributed by atoms with E-state index in [1.54, 1.807) is 0 Å². The minimum atomic E-state index is 0.250. The van der Waals surface area contributed by atoms with Crippen molar-refractivity contribution in [3.8, 4) is 0 Å². The first-order valence-electron chi connectivity index (χ1n) is 8.71. The third kappa shape index (κ3) is 4.95. The van der Waals surface area contributed by atoms with Crippen LogP contribution in [-0.4, -0.2) is 52.6 Å². The summed E-state index contributed by atoms with van der Waals surface area (Å²) in [4.78, 5) is 19.2. The number of hydrogen-bond acceptors (Lipinski definition) is 4. The van der Waals surface area contributed by atoms with Gasteiger partial charge in [-0.15, -0.1) is 0 Å². The van der Waals surface area contributed by atoms with Crippen molar-refractivity contribution in [2.75, 3.05) is 24.7 Å². The van der Waals surface area contributed by atoms with E-state index in [4.69, 9.17) is 4.74 Å². The molecule has 1 aromatic rings. The third-order valence-corrected chi connectivity index (χ3v) is 5.79. The Bertz CT molecular complexity index is 485. The molecule has 0 unspecified atom stereocenters. The predicted molar refractivity (Wildman–Crippen MR) is 93.6 cm³/mol. The van der Waals surface area contributed by atoms with E-state index in [1.165, 1.54) is 5.75 Å². The second kappa shape index (κ2) is 8.69. The number of hydrogen-bond donors (Lipinski definition) is 0. The zero-order chi connectivity index (χ0) is 15.9. The van der Waals surface area contributed by atoms with Crippen LogP contribution in [0.3, 0.4) is 0 Å². The first kappa shape index (κ1) is 16.8. The van der Waals surface area contributed by atoms with Crippen molar-refractivity contribution in [2.24, 2.45) is 0 Å². The lowest BCUT2D eigenvalue weighted by Crippen LogP contribution is -2.44. The molecule has 0 radical (unpaired) electrons. The number of aromatic nitrogens is 1. The van der Waals surface area contributed by atoms with Crippen LogP contribution in [0.15, 0.2) is 24.4 Å². The number of carbonyl (C=O) groups excluding carboxylic acids is 1. The Balaban J connectivity index is 1.51. The maximum atomic E-state index is 12.7. The normalized spacial score (nSPS) is 24.0. The molecule has 0 spiro atoms. The van der Waals surface area contributed by atoms with Crippen molar-refractivity contribution in [3.63, 3.8) is 0 Å². The van der Waals surface area contributed by atoms with Gasteiger partial charge in [-0.3, -0.25) is 9.78 Å². The van der Waals surface area contributed by atoms with E-state index in [2.05, 4.69) is 9.88 Å². The molecule has 2 saturated heterocycles. The van der Waals surface area contributed by atoms with Gasteiger partial charge in [0.25, 0.3) is 0 Å². The van der Waals surface area contributed by atoms with Crippen LogP contribution in [0.25, 0.3) is 0 Å². The highest BCUT2D eigenvalue weighted by atomic mass is 32.2. The number of nitrogens with zero attached hydrogens (tertiary/aromatic N) is 2. The summed E-state index contributed by atoms with van der Waals surface area (Å²) < 4.78 is 5.76. The molecule has 4 nitrogen and oxygen atoms in total. The standard InChI is InChI=1S/C18H26N2O2S/c21-18(8-3-6-15-5-1-2-10-19-15)20(16-9-12-23-14-16)13-17-7-4-11-22-17/h1-2,5,10,16-17H,3-4,6-9,11-14H2/t16-,17-/m0/s1. The Hall–Kier alpha value is -1.07. The molecule has 2 atom stereocenters. The highest BCUT2D eigenvalue weighted by Crippen LogP contribution is 2.25. The van der Waals surface area contributed by atoms with Crippen molar-refractivity contribution < 1.29 is 9.53 Å². The van der Waals surface area contributed by atoms with Crippen molar-refractivity contribution in [3.05, 3.63) is 30.1 Å². The van der Waals surface area contributed by atoms with Crippen LogP contribution in [-0.2, 0) is 16.0 Å². The van der Waals surface area contributed by atoms with Gasteiger partial charge in [0.2, 0.25) is 5.91 Å². The zero-order valence-corrected chi connectivity index (χ0v) is 14.5. The van der Waals surface area contributed by atoms with Crippen LogP contribution in [0.5, 0.6) is 0 Å². The molecule has 23 heavy (non-hydrogen) atoms. The molecule has 3 heterocycles. The maximum Gasteiger partial charge on any atom is 0.222 e. The molecule has 0 saturated carbocycles. The lowest BCUT2D eigenvalue weighted by atomic mass is 10.1. The van der Waals surface area contributed by atoms with Gasteiger partial charge in [-0.05, 0) is 50.0 Å². The number of aryl methyl sites for hydroxylation is 1. The Morgan fingerprint density at radius 3 is 3.04 bits per heavy atom. The molecule has 2 aliphatic rings. The molecule has 2 fully saturated rings. The van der Waals surface area contributed by atoms with E-state index in [0.29, 0.717) is 18.4 Å². The highest BCUT2D eigenvalue weighted by Gasteiger charge is 2.30. The fraction of sp³-hybridized carbons (Fsp3) is 0.667. The summed E-state index contributed by atoms with van der Waals surface area (Å²) in [5.41, 5.74) is 1.07. The average Bonchev–Trinajstić information content (AvgIpc) is 3.27. The van der Waals surface area contributed by atoms with E-state index in [-0.39, 0.29) is 6.10 Å². The molecule has 0 aromatic carbocycles. The fourth-order valence-electron chi connectivity index (χ4n) is 3.34. The van der Waals surface area contributed by atoms with E-state index >= 15 is 0 Å². The summed E-state index contributed by atoms with van der Waals surface area (Å²) in [6.07, 6.45) is 7.78. The number of amides is 1. The second-order valence-corrected chi connectivity index (χ2v) is 7.52. The highest BCUT2D eigenvalue weighted by molar-refractivity contribution is 7.99. The molecule has 1 aromatic heterocycles. The van der Waals surface area contributed by atoms with Crippen LogP contribution < -0.4 is 0 Å². The number of rotatable bonds is 7. The van der Waals surface area contributed by atoms with E-state index in [9.17, 15) is 4.79 Å². The number of ether oxygens (including phenoxy) is 1. The van der Waals surface area contributed by atoms with Gasteiger partial charge < -0.3 is 9.64 Å². The predicted octanol–water partition coefficient (Wildman–Crippen LogP) is 2.92. The fourth-order valence-corrected chi connectivity index (χ4v) is 4.56. The summed E-state index contributed by atoms with van der Waals surface area (Å²) in [6.45, 7) is 1.64. The van der Waals surface area contributed by atoms with Crippen LogP contribution in [0.2, 0.25) is 0 Å². The largest absolute Gasteiger partial charge is 0.376 e. The van der Waals surface area contributed by atoms with Crippen LogP contribution >= 0.6 is 11.8 Å². The minimum absolute atomic E-state index is 0.250.